The van der Waals surface area contributed by atoms with Gasteiger partial charge in [0.15, 0.2) is 0 Å². The number of hydrazine groups is 1. The van der Waals surface area contributed by atoms with Gasteiger partial charge in [0.05, 0.1) is 11.6 Å². The molecule has 0 bridgehead atoms. The monoisotopic (exact) mass is 373 g/mol. The molecule has 1 saturated heterocycles. The maximum absolute atomic E-state index is 12.0. The highest BCUT2D eigenvalue weighted by atomic mass is 79.9. The minimum Gasteiger partial charge on any atom is -0.267 e. The molecule has 23 heavy (non-hydrogen) atoms. The van der Waals surface area contributed by atoms with E-state index in [0.717, 1.165) is 11.0 Å². The lowest BCUT2D eigenvalue weighted by atomic mass is 9.96. The van der Waals surface area contributed by atoms with Gasteiger partial charge in [-0.15, -0.1) is 0 Å². The maximum atomic E-state index is 12.0. The Hall–Kier alpha value is -2.09. The van der Waals surface area contributed by atoms with Crippen LogP contribution in [-0.4, -0.2) is 23.7 Å². The number of hydrogen-bond donors (Lipinski definition) is 3. The van der Waals surface area contributed by atoms with Gasteiger partial charge in [-0.1, -0.05) is 30.3 Å². The molecule has 1 aliphatic rings. The molecule has 2 heterocycles. The van der Waals surface area contributed by atoms with Crippen LogP contribution in [0.3, 0.4) is 0 Å². The molecular formula is C16H16BrN5O. The molecule has 0 radical (unpaired) electrons. The van der Waals surface area contributed by atoms with Gasteiger partial charge in [-0.05, 0) is 27.6 Å². The normalized spacial score (nSPS) is 20.7. The Kier molecular flexibility index (Phi) is 5.12. The Morgan fingerprint density at radius 3 is 2.96 bits per heavy atom. The number of pyridine rings is 1. The Bertz CT molecular complexity index is 707. The summed E-state index contributed by atoms with van der Waals surface area (Å²) in [5, 5.41) is 4.09. The molecule has 2 atom stereocenters. The maximum Gasteiger partial charge on any atom is 0.272 e. The van der Waals surface area contributed by atoms with Crippen molar-refractivity contribution in [2.24, 2.45) is 11.0 Å². The number of carbonyl (C=O) groups excluding carboxylic acids is 1. The van der Waals surface area contributed by atoms with Crippen LogP contribution in [0.5, 0.6) is 0 Å². The summed E-state index contributed by atoms with van der Waals surface area (Å²) in [7, 11) is 0. The van der Waals surface area contributed by atoms with Crippen molar-refractivity contribution in [3.63, 3.8) is 0 Å². The molecule has 1 aliphatic heterocycles. The first-order valence-electron chi connectivity index (χ1n) is 7.21. The predicted molar refractivity (Wildman–Crippen MR) is 91.7 cm³/mol. The van der Waals surface area contributed by atoms with E-state index in [-0.39, 0.29) is 17.9 Å². The molecule has 0 spiro atoms. The standard InChI is InChI=1S/C16H16BrN5O/c17-14-6-12(7-18-10-14)16(23)22-20-9-13-8-19-21-15(13)11-4-2-1-3-5-11/h1-7,9-10,13,15,19,21H,8H2,(H,22,23)/b20-9+. The number of rotatable bonds is 4. The first-order chi connectivity index (χ1) is 11.2. The number of aromatic nitrogens is 1. The summed E-state index contributed by atoms with van der Waals surface area (Å²) in [5.41, 5.74) is 10.5. The molecule has 1 aromatic heterocycles. The van der Waals surface area contributed by atoms with Crippen LogP contribution in [0.2, 0.25) is 0 Å². The third kappa shape index (κ3) is 4.01. The van der Waals surface area contributed by atoms with Gasteiger partial charge in [-0.25, -0.2) is 10.9 Å². The number of nitrogens with one attached hydrogen (secondary N) is 3. The van der Waals surface area contributed by atoms with Crippen LogP contribution in [0.1, 0.15) is 22.0 Å². The van der Waals surface area contributed by atoms with E-state index >= 15 is 0 Å². The van der Waals surface area contributed by atoms with Crippen LogP contribution in [0.15, 0.2) is 58.4 Å². The second-order valence-corrected chi connectivity index (χ2v) is 6.10. The van der Waals surface area contributed by atoms with E-state index in [2.05, 4.69) is 54.4 Å². The SMILES string of the molecule is O=C(N/N=C/C1CNNC1c1ccccc1)c1cncc(Br)c1. The molecule has 1 fully saturated rings. The molecule has 2 unspecified atom stereocenters. The topological polar surface area (TPSA) is 78.4 Å². The lowest BCUT2D eigenvalue weighted by molar-refractivity contribution is 0.0954. The number of hydrogen-bond acceptors (Lipinski definition) is 5. The lowest BCUT2D eigenvalue weighted by Crippen LogP contribution is -2.25. The number of nitrogens with zero attached hydrogens (tertiary/aromatic N) is 2. The zero-order valence-corrected chi connectivity index (χ0v) is 13.8. The van der Waals surface area contributed by atoms with Crippen molar-refractivity contribution in [2.75, 3.05) is 6.54 Å². The molecule has 1 amide bonds. The second-order valence-electron chi connectivity index (χ2n) is 5.19. The van der Waals surface area contributed by atoms with Crippen molar-refractivity contribution in [2.45, 2.75) is 6.04 Å². The predicted octanol–water partition coefficient (Wildman–Crippen LogP) is 2.02. The van der Waals surface area contributed by atoms with Gasteiger partial charge < -0.3 is 0 Å². The van der Waals surface area contributed by atoms with Gasteiger partial charge in [-0.2, -0.15) is 5.10 Å². The Labute approximate surface area is 142 Å². The van der Waals surface area contributed by atoms with Gasteiger partial charge in [-0.3, -0.25) is 15.2 Å². The van der Waals surface area contributed by atoms with E-state index in [1.807, 2.05) is 18.2 Å². The summed E-state index contributed by atoms with van der Waals surface area (Å²) >= 11 is 3.29. The first kappa shape index (κ1) is 15.8. The third-order valence-electron chi connectivity index (χ3n) is 3.58. The van der Waals surface area contributed by atoms with E-state index < -0.39 is 0 Å². The molecule has 118 valence electrons. The van der Waals surface area contributed by atoms with Crippen molar-refractivity contribution in [3.05, 3.63) is 64.4 Å². The molecule has 1 aromatic carbocycles. The summed E-state index contributed by atoms with van der Waals surface area (Å²) in [4.78, 5) is 16.0. The minimum atomic E-state index is -0.287. The highest BCUT2D eigenvalue weighted by molar-refractivity contribution is 9.10. The summed E-state index contributed by atoms with van der Waals surface area (Å²) in [5.74, 6) is -0.136. The van der Waals surface area contributed by atoms with E-state index in [1.54, 1.807) is 18.5 Å². The van der Waals surface area contributed by atoms with Crippen LogP contribution in [-0.2, 0) is 0 Å². The van der Waals surface area contributed by atoms with E-state index in [1.165, 1.54) is 11.8 Å². The zero-order chi connectivity index (χ0) is 16.1. The molecule has 6 nitrogen and oxygen atoms in total. The second kappa shape index (κ2) is 7.45. The fourth-order valence-corrected chi connectivity index (χ4v) is 2.80. The van der Waals surface area contributed by atoms with Gasteiger partial charge in [0, 0.05) is 35.5 Å². The van der Waals surface area contributed by atoms with Gasteiger partial charge in [0.25, 0.3) is 5.91 Å². The summed E-state index contributed by atoms with van der Waals surface area (Å²) < 4.78 is 0.752. The molecule has 7 heteroatoms. The van der Waals surface area contributed by atoms with E-state index in [9.17, 15) is 4.79 Å². The van der Waals surface area contributed by atoms with Crippen LogP contribution >= 0.6 is 15.9 Å². The molecule has 0 saturated carbocycles. The third-order valence-corrected chi connectivity index (χ3v) is 4.02. The lowest BCUT2D eigenvalue weighted by Gasteiger charge is -2.14. The summed E-state index contributed by atoms with van der Waals surface area (Å²) in [6, 6.07) is 12.0. The summed E-state index contributed by atoms with van der Waals surface area (Å²) in [6.45, 7) is 0.747. The highest BCUT2D eigenvalue weighted by Gasteiger charge is 2.26. The van der Waals surface area contributed by atoms with Gasteiger partial charge in [0.2, 0.25) is 0 Å². The fraction of sp³-hybridized carbons (Fsp3) is 0.188. The van der Waals surface area contributed by atoms with Crippen LogP contribution in [0.25, 0.3) is 0 Å². The van der Waals surface area contributed by atoms with E-state index in [0.29, 0.717) is 5.56 Å². The van der Waals surface area contributed by atoms with Crippen molar-refractivity contribution in [3.8, 4) is 0 Å². The average Bonchev–Trinajstić information content (AvgIpc) is 3.04. The molecular weight excluding hydrogens is 358 g/mol. The van der Waals surface area contributed by atoms with Crippen molar-refractivity contribution in [1.82, 2.24) is 21.3 Å². The Balaban J connectivity index is 1.62. The largest absolute Gasteiger partial charge is 0.272 e. The Morgan fingerprint density at radius 2 is 2.17 bits per heavy atom. The van der Waals surface area contributed by atoms with E-state index in [4.69, 9.17) is 0 Å². The van der Waals surface area contributed by atoms with Crippen LogP contribution in [0.4, 0.5) is 0 Å². The van der Waals surface area contributed by atoms with Crippen LogP contribution < -0.4 is 16.3 Å². The zero-order valence-electron chi connectivity index (χ0n) is 12.2. The van der Waals surface area contributed by atoms with Crippen LogP contribution in [0, 0.1) is 5.92 Å². The number of halogens is 1. The quantitative estimate of drug-likeness (QED) is 0.565. The Morgan fingerprint density at radius 1 is 1.35 bits per heavy atom. The molecule has 2 aromatic rings. The van der Waals surface area contributed by atoms with Crippen molar-refractivity contribution >= 4 is 28.1 Å². The summed E-state index contributed by atoms with van der Waals surface area (Å²) in [6.07, 6.45) is 4.88. The highest BCUT2D eigenvalue weighted by Crippen LogP contribution is 2.23. The van der Waals surface area contributed by atoms with Crippen molar-refractivity contribution < 1.29 is 4.79 Å². The minimum absolute atomic E-state index is 0.129. The number of carbonyl (C=O) groups is 1. The number of hydrazone groups is 1. The molecule has 3 rings (SSSR count). The fourth-order valence-electron chi connectivity index (χ4n) is 2.43. The van der Waals surface area contributed by atoms with Gasteiger partial charge >= 0.3 is 0 Å². The van der Waals surface area contributed by atoms with Crippen molar-refractivity contribution in [1.29, 1.82) is 0 Å². The number of amides is 1. The van der Waals surface area contributed by atoms with Gasteiger partial charge in [0.1, 0.15) is 0 Å². The molecule has 0 aliphatic carbocycles. The first-order valence-corrected chi connectivity index (χ1v) is 8.01. The average molecular weight is 374 g/mol. The number of benzene rings is 1. The smallest absolute Gasteiger partial charge is 0.267 e. The molecule has 3 N–H and O–H groups in total.